The molecule has 0 bridgehead atoms. The molecule has 0 aliphatic carbocycles. The summed E-state index contributed by atoms with van der Waals surface area (Å²) < 4.78 is 0. The molecule has 0 heterocycles. The maximum atomic E-state index is 6.90. The lowest BCUT2D eigenvalue weighted by atomic mass is 10.0. The lowest BCUT2D eigenvalue weighted by molar-refractivity contribution is 0.667. The van der Waals surface area contributed by atoms with Gasteiger partial charge in [-0.05, 0) is 30.4 Å². The molecular formula is C15H19. The lowest BCUT2D eigenvalue weighted by Gasteiger charge is -2.02. The zero-order valence-electron chi connectivity index (χ0n) is 9.55. The van der Waals surface area contributed by atoms with E-state index in [2.05, 4.69) is 37.1 Å². The maximum Gasteiger partial charge on any atom is 0.0350 e. The number of rotatable bonds is 6. The molecule has 15 heavy (non-hydrogen) atoms. The molecule has 0 unspecified atom stereocenters. The van der Waals surface area contributed by atoms with Crippen molar-refractivity contribution in [3.05, 3.63) is 41.8 Å². The van der Waals surface area contributed by atoms with Crippen LogP contribution >= 0.6 is 0 Å². The number of hydrogen-bond donors (Lipinski definition) is 0. The van der Waals surface area contributed by atoms with Gasteiger partial charge in [-0.3, -0.25) is 0 Å². The first kappa shape index (κ1) is 11.9. The predicted octanol–water partition coefficient (Wildman–Crippen LogP) is 3.94. The van der Waals surface area contributed by atoms with Crippen LogP contribution in [0.4, 0.5) is 0 Å². The summed E-state index contributed by atoms with van der Waals surface area (Å²) >= 11 is 0. The van der Waals surface area contributed by atoms with Gasteiger partial charge in [-0.1, -0.05) is 56.4 Å². The van der Waals surface area contributed by atoms with Gasteiger partial charge in [0.25, 0.3) is 0 Å². The number of hydrogen-bond acceptors (Lipinski definition) is 0. The molecule has 1 aromatic carbocycles. The van der Waals surface area contributed by atoms with Crippen molar-refractivity contribution in [2.75, 3.05) is 0 Å². The standard InChI is InChI=1S/C15H19/c1-3-5-6-7-9-15-12-10-14(8-4-2)11-13-15/h10-13H,3,5-9H2,1H3. The van der Waals surface area contributed by atoms with Crippen LogP contribution in [0.1, 0.15) is 43.7 Å². The van der Waals surface area contributed by atoms with Gasteiger partial charge in [-0.2, -0.15) is 0 Å². The fourth-order valence-corrected chi connectivity index (χ4v) is 1.68. The quantitative estimate of drug-likeness (QED) is 0.481. The zero-order valence-corrected chi connectivity index (χ0v) is 9.55. The molecule has 0 saturated heterocycles. The Balaban J connectivity index is 2.33. The summed E-state index contributed by atoms with van der Waals surface area (Å²) in [6.07, 6.45) is 14.0. The Bertz CT molecular complexity index is 300. The Kier molecular flexibility index (Phi) is 5.63. The minimum atomic E-state index is 0.635. The van der Waals surface area contributed by atoms with E-state index in [-0.39, 0.29) is 0 Å². The van der Waals surface area contributed by atoms with Gasteiger partial charge in [-0.25, -0.2) is 0 Å². The molecule has 1 aromatic rings. The Morgan fingerprint density at radius 3 is 2.27 bits per heavy atom. The highest BCUT2D eigenvalue weighted by Gasteiger charge is 1.94. The van der Waals surface area contributed by atoms with Crippen LogP contribution in [-0.2, 0) is 12.8 Å². The molecule has 0 saturated carbocycles. The molecule has 0 spiro atoms. The highest BCUT2D eigenvalue weighted by Crippen LogP contribution is 2.09. The lowest BCUT2D eigenvalue weighted by Crippen LogP contribution is -1.87. The highest BCUT2D eigenvalue weighted by molar-refractivity contribution is 5.24. The van der Waals surface area contributed by atoms with E-state index >= 15 is 0 Å². The van der Waals surface area contributed by atoms with Crippen molar-refractivity contribution >= 4 is 0 Å². The van der Waals surface area contributed by atoms with Crippen LogP contribution in [0.15, 0.2) is 24.3 Å². The molecule has 0 N–H and O–H groups in total. The SMILES string of the molecule is [C]#CCc1ccc(CCCCCC)cc1. The van der Waals surface area contributed by atoms with E-state index in [0.717, 1.165) is 0 Å². The van der Waals surface area contributed by atoms with Crippen molar-refractivity contribution in [1.82, 2.24) is 0 Å². The monoisotopic (exact) mass is 199 g/mol. The Labute approximate surface area is 93.7 Å². The molecule has 79 valence electrons. The van der Waals surface area contributed by atoms with E-state index in [4.69, 9.17) is 6.42 Å². The first-order chi connectivity index (χ1) is 7.36. The van der Waals surface area contributed by atoms with Crippen LogP contribution in [0, 0.1) is 12.3 Å². The first-order valence-electron chi connectivity index (χ1n) is 5.84. The van der Waals surface area contributed by atoms with Gasteiger partial charge in [0.2, 0.25) is 0 Å². The van der Waals surface area contributed by atoms with E-state index in [0.29, 0.717) is 6.42 Å². The second kappa shape index (κ2) is 7.12. The molecule has 0 fully saturated rings. The van der Waals surface area contributed by atoms with E-state index < -0.39 is 0 Å². The third-order valence-corrected chi connectivity index (χ3v) is 2.63. The first-order valence-corrected chi connectivity index (χ1v) is 5.84. The van der Waals surface area contributed by atoms with Crippen molar-refractivity contribution in [1.29, 1.82) is 0 Å². The Hall–Kier alpha value is -1.22. The summed E-state index contributed by atoms with van der Waals surface area (Å²) in [5.41, 5.74) is 2.60. The van der Waals surface area contributed by atoms with Crippen LogP contribution in [0.3, 0.4) is 0 Å². The predicted molar refractivity (Wildman–Crippen MR) is 65.1 cm³/mol. The average molecular weight is 199 g/mol. The molecule has 1 radical (unpaired) electrons. The zero-order chi connectivity index (χ0) is 10.9. The average Bonchev–Trinajstić information content (AvgIpc) is 2.27. The third kappa shape index (κ3) is 4.70. The molecule has 0 aliphatic heterocycles. The summed E-state index contributed by atoms with van der Waals surface area (Å²) in [5.74, 6) is 2.41. The van der Waals surface area contributed by atoms with Gasteiger partial charge < -0.3 is 0 Å². The summed E-state index contributed by atoms with van der Waals surface area (Å²) in [7, 11) is 0. The summed E-state index contributed by atoms with van der Waals surface area (Å²) in [4.78, 5) is 0. The number of unbranched alkanes of at least 4 members (excludes halogenated alkanes) is 3. The third-order valence-electron chi connectivity index (χ3n) is 2.63. The topological polar surface area (TPSA) is 0 Å². The van der Waals surface area contributed by atoms with Gasteiger partial charge in [0.1, 0.15) is 0 Å². The van der Waals surface area contributed by atoms with Gasteiger partial charge in [0.15, 0.2) is 0 Å². The molecule has 0 heteroatoms. The van der Waals surface area contributed by atoms with E-state index in [1.807, 2.05) is 0 Å². The van der Waals surface area contributed by atoms with Crippen molar-refractivity contribution < 1.29 is 0 Å². The Morgan fingerprint density at radius 2 is 1.67 bits per heavy atom. The number of aryl methyl sites for hydroxylation is 1. The molecule has 0 amide bonds. The van der Waals surface area contributed by atoms with Gasteiger partial charge in [0.05, 0.1) is 0 Å². The van der Waals surface area contributed by atoms with Crippen molar-refractivity contribution in [3.63, 3.8) is 0 Å². The molecule has 1 rings (SSSR count). The summed E-state index contributed by atoms with van der Waals surface area (Å²) in [6, 6.07) is 8.57. The van der Waals surface area contributed by atoms with Crippen LogP contribution in [0.5, 0.6) is 0 Å². The summed E-state index contributed by atoms with van der Waals surface area (Å²) in [5, 5.41) is 0. The van der Waals surface area contributed by atoms with Gasteiger partial charge in [-0.15, -0.1) is 0 Å². The van der Waals surface area contributed by atoms with Crippen LogP contribution in [0.25, 0.3) is 0 Å². The molecule has 0 aliphatic rings. The smallest absolute Gasteiger partial charge is 0.0350 e. The van der Waals surface area contributed by atoms with Crippen molar-refractivity contribution in [2.45, 2.75) is 45.4 Å². The molecular weight excluding hydrogens is 180 g/mol. The van der Waals surface area contributed by atoms with Gasteiger partial charge >= 0.3 is 0 Å². The fourth-order valence-electron chi connectivity index (χ4n) is 1.68. The normalized spacial score (nSPS) is 9.87. The fraction of sp³-hybridized carbons (Fsp3) is 0.467. The van der Waals surface area contributed by atoms with Gasteiger partial charge in [0, 0.05) is 6.42 Å². The number of benzene rings is 1. The minimum Gasteiger partial charge on any atom is -0.0843 e. The van der Waals surface area contributed by atoms with E-state index in [9.17, 15) is 0 Å². The van der Waals surface area contributed by atoms with E-state index in [1.165, 1.54) is 43.2 Å². The molecule has 0 atom stereocenters. The van der Waals surface area contributed by atoms with Crippen molar-refractivity contribution in [3.8, 4) is 5.92 Å². The second-order valence-electron chi connectivity index (χ2n) is 3.98. The van der Waals surface area contributed by atoms with E-state index in [1.54, 1.807) is 0 Å². The maximum absolute atomic E-state index is 6.90. The second-order valence-corrected chi connectivity index (χ2v) is 3.98. The molecule has 0 nitrogen and oxygen atoms in total. The minimum absolute atomic E-state index is 0.635. The summed E-state index contributed by atoms with van der Waals surface area (Å²) in [6.45, 7) is 2.24. The van der Waals surface area contributed by atoms with Crippen LogP contribution in [-0.4, -0.2) is 0 Å². The Morgan fingerprint density at radius 1 is 1.00 bits per heavy atom. The van der Waals surface area contributed by atoms with Crippen LogP contribution < -0.4 is 0 Å². The highest BCUT2D eigenvalue weighted by atomic mass is 14.0. The largest absolute Gasteiger partial charge is 0.0843 e. The molecule has 0 aromatic heterocycles. The van der Waals surface area contributed by atoms with Crippen molar-refractivity contribution in [2.24, 2.45) is 0 Å². The van der Waals surface area contributed by atoms with Crippen LogP contribution in [0.2, 0.25) is 0 Å².